The molecule has 1 heterocycles. The Morgan fingerprint density at radius 2 is 1.85 bits per heavy atom. The average Bonchev–Trinajstić information content (AvgIpc) is 2.69. The normalized spacial score (nSPS) is 12.4. The van der Waals surface area contributed by atoms with Gasteiger partial charge < -0.3 is 5.32 Å². The van der Waals surface area contributed by atoms with Crippen molar-refractivity contribution in [3.05, 3.63) is 17.0 Å². The molecule has 3 nitrogen and oxygen atoms in total. The fourth-order valence-electron chi connectivity index (χ4n) is 2.20. The summed E-state index contributed by atoms with van der Waals surface area (Å²) in [4.78, 5) is 0. The van der Waals surface area contributed by atoms with E-state index in [-0.39, 0.29) is 6.54 Å². The summed E-state index contributed by atoms with van der Waals surface area (Å²) in [6.07, 6.45) is -3.54. The molecule has 0 spiro atoms. The quantitative estimate of drug-likeness (QED) is 0.834. The highest BCUT2D eigenvalue weighted by Gasteiger charge is 2.28. The molecule has 0 aromatic carbocycles. The lowest BCUT2D eigenvalue weighted by Crippen LogP contribution is -2.23. The van der Waals surface area contributed by atoms with Gasteiger partial charge in [-0.1, -0.05) is 27.7 Å². The molecule has 1 aromatic rings. The molecule has 0 fully saturated rings. The Morgan fingerprint density at radius 3 is 2.30 bits per heavy atom. The topological polar surface area (TPSA) is 29.9 Å². The van der Waals surface area contributed by atoms with Gasteiger partial charge in [0.1, 0.15) is 0 Å². The third-order valence-electron chi connectivity index (χ3n) is 3.21. The van der Waals surface area contributed by atoms with Gasteiger partial charge in [-0.3, -0.25) is 4.68 Å². The first-order valence-corrected chi connectivity index (χ1v) is 7.16. The summed E-state index contributed by atoms with van der Waals surface area (Å²) in [6, 6.07) is 0.336. The van der Waals surface area contributed by atoms with Crippen molar-refractivity contribution in [2.45, 2.75) is 72.3 Å². The first kappa shape index (κ1) is 17.0. The monoisotopic (exact) mass is 291 g/mol. The fraction of sp³-hybridized carbons (Fsp3) is 0.786. The molecule has 1 rings (SSSR count). The lowest BCUT2D eigenvalue weighted by Gasteiger charge is -2.11. The van der Waals surface area contributed by atoms with Crippen LogP contribution >= 0.6 is 0 Å². The van der Waals surface area contributed by atoms with Crippen molar-refractivity contribution in [3.8, 4) is 0 Å². The summed E-state index contributed by atoms with van der Waals surface area (Å²) in [5, 5.41) is 7.68. The van der Waals surface area contributed by atoms with Crippen molar-refractivity contribution >= 4 is 0 Å². The Bertz CT molecular complexity index is 422. The van der Waals surface area contributed by atoms with Crippen LogP contribution in [0.25, 0.3) is 0 Å². The number of nitrogens with one attached hydrogen (secondary N) is 1. The number of aromatic nitrogens is 2. The molecule has 0 radical (unpaired) electrons. The van der Waals surface area contributed by atoms with Gasteiger partial charge in [0.15, 0.2) is 0 Å². The molecule has 116 valence electrons. The zero-order chi connectivity index (χ0) is 15.3. The van der Waals surface area contributed by atoms with Gasteiger partial charge >= 0.3 is 6.18 Å². The summed E-state index contributed by atoms with van der Waals surface area (Å²) in [5.41, 5.74) is 2.88. The lowest BCUT2D eigenvalue weighted by molar-refractivity contribution is -0.137. The van der Waals surface area contributed by atoms with Crippen molar-refractivity contribution < 1.29 is 13.2 Å². The minimum Gasteiger partial charge on any atom is -0.310 e. The highest BCUT2D eigenvalue weighted by atomic mass is 19.4. The molecule has 0 amide bonds. The molecule has 0 atom stereocenters. The van der Waals surface area contributed by atoms with Gasteiger partial charge in [0.25, 0.3) is 0 Å². The van der Waals surface area contributed by atoms with E-state index in [0.717, 1.165) is 23.4 Å². The highest BCUT2D eigenvalue weighted by Crippen LogP contribution is 2.23. The van der Waals surface area contributed by atoms with Gasteiger partial charge in [-0.05, 0) is 12.8 Å². The molecule has 0 saturated carbocycles. The van der Waals surface area contributed by atoms with Crippen molar-refractivity contribution in [3.63, 3.8) is 0 Å². The van der Waals surface area contributed by atoms with E-state index in [9.17, 15) is 13.2 Å². The van der Waals surface area contributed by atoms with E-state index in [4.69, 9.17) is 0 Å². The summed E-state index contributed by atoms with van der Waals surface area (Å²) in [6.45, 7) is 8.60. The third kappa shape index (κ3) is 4.81. The van der Waals surface area contributed by atoms with Gasteiger partial charge in [-0.2, -0.15) is 18.3 Å². The Kier molecular flexibility index (Phi) is 6.05. The van der Waals surface area contributed by atoms with E-state index in [1.165, 1.54) is 4.68 Å². The van der Waals surface area contributed by atoms with Gasteiger partial charge in [0.05, 0.1) is 12.1 Å². The van der Waals surface area contributed by atoms with E-state index in [1.54, 1.807) is 0 Å². The Hall–Kier alpha value is -1.04. The maximum absolute atomic E-state index is 12.4. The standard InChI is InChI=1S/C14H24F3N3/c1-5-12-11(9-18-10(3)4)13(6-2)20(19-12)8-7-14(15,16)17/h10,18H,5-9H2,1-4H3. The van der Waals surface area contributed by atoms with Crippen LogP contribution in [0.1, 0.15) is 51.1 Å². The molecular formula is C14H24F3N3. The summed E-state index contributed by atoms with van der Waals surface area (Å²) in [5.74, 6) is 0. The molecule has 1 aromatic heterocycles. The SMILES string of the molecule is CCc1nn(CCC(F)(F)F)c(CC)c1CNC(C)C. The minimum atomic E-state index is -4.14. The molecule has 0 bridgehead atoms. The number of alkyl halides is 3. The van der Waals surface area contributed by atoms with Gasteiger partial charge in [0.2, 0.25) is 0 Å². The highest BCUT2D eigenvalue weighted by molar-refractivity contribution is 5.26. The number of aryl methyl sites for hydroxylation is 2. The van der Waals surface area contributed by atoms with E-state index in [0.29, 0.717) is 19.0 Å². The number of hydrogen-bond donors (Lipinski definition) is 1. The van der Waals surface area contributed by atoms with Crippen LogP contribution in [0.4, 0.5) is 13.2 Å². The Labute approximate surface area is 118 Å². The van der Waals surface area contributed by atoms with Gasteiger partial charge in [0, 0.05) is 30.4 Å². The third-order valence-corrected chi connectivity index (χ3v) is 3.21. The second kappa shape index (κ2) is 7.11. The first-order chi connectivity index (χ1) is 9.28. The second-order valence-electron chi connectivity index (χ2n) is 5.20. The van der Waals surface area contributed by atoms with Crippen molar-refractivity contribution in [2.24, 2.45) is 0 Å². The van der Waals surface area contributed by atoms with Crippen molar-refractivity contribution in [2.75, 3.05) is 0 Å². The van der Waals surface area contributed by atoms with Crippen LogP contribution in [0.5, 0.6) is 0 Å². The van der Waals surface area contributed by atoms with Crippen LogP contribution in [0.2, 0.25) is 0 Å². The van der Waals surface area contributed by atoms with Crippen molar-refractivity contribution in [1.82, 2.24) is 15.1 Å². The predicted octanol–water partition coefficient (Wildman–Crippen LogP) is 3.46. The average molecular weight is 291 g/mol. The summed E-state index contributed by atoms with van der Waals surface area (Å²) >= 11 is 0. The van der Waals surface area contributed by atoms with E-state index >= 15 is 0 Å². The molecule has 0 aliphatic rings. The van der Waals surface area contributed by atoms with Crippen LogP contribution in [0.15, 0.2) is 0 Å². The molecule has 20 heavy (non-hydrogen) atoms. The maximum Gasteiger partial charge on any atom is 0.390 e. The predicted molar refractivity (Wildman–Crippen MR) is 73.6 cm³/mol. The molecule has 0 saturated heterocycles. The van der Waals surface area contributed by atoms with Crippen LogP contribution < -0.4 is 5.32 Å². The van der Waals surface area contributed by atoms with E-state index < -0.39 is 12.6 Å². The Balaban J connectivity index is 2.95. The maximum atomic E-state index is 12.4. The summed E-state index contributed by atoms with van der Waals surface area (Å²) < 4.78 is 38.6. The van der Waals surface area contributed by atoms with Crippen LogP contribution in [0.3, 0.4) is 0 Å². The second-order valence-corrected chi connectivity index (χ2v) is 5.20. The van der Waals surface area contributed by atoms with Crippen molar-refractivity contribution in [1.29, 1.82) is 0 Å². The zero-order valence-corrected chi connectivity index (χ0v) is 12.6. The molecular weight excluding hydrogens is 267 g/mol. The molecule has 0 aliphatic carbocycles. The largest absolute Gasteiger partial charge is 0.390 e. The fourth-order valence-corrected chi connectivity index (χ4v) is 2.20. The van der Waals surface area contributed by atoms with Crippen LogP contribution in [-0.4, -0.2) is 22.0 Å². The first-order valence-electron chi connectivity index (χ1n) is 7.16. The zero-order valence-electron chi connectivity index (χ0n) is 12.6. The van der Waals surface area contributed by atoms with Crippen LogP contribution in [0, 0.1) is 0 Å². The molecule has 1 N–H and O–H groups in total. The Morgan fingerprint density at radius 1 is 1.20 bits per heavy atom. The van der Waals surface area contributed by atoms with Crippen LogP contribution in [-0.2, 0) is 25.9 Å². The number of hydrogen-bond acceptors (Lipinski definition) is 2. The number of nitrogens with zero attached hydrogens (tertiary/aromatic N) is 2. The number of rotatable bonds is 7. The van der Waals surface area contributed by atoms with Gasteiger partial charge in [-0.15, -0.1) is 0 Å². The van der Waals surface area contributed by atoms with Gasteiger partial charge in [-0.25, -0.2) is 0 Å². The smallest absolute Gasteiger partial charge is 0.310 e. The minimum absolute atomic E-state index is 0.0959. The summed E-state index contributed by atoms with van der Waals surface area (Å²) in [7, 11) is 0. The molecule has 0 unspecified atom stereocenters. The van der Waals surface area contributed by atoms with E-state index in [2.05, 4.69) is 10.4 Å². The van der Waals surface area contributed by atoms with E-state index in [1.807, 2.05) is 27.7 Å². The lowest BCUT2D eigenvalue weighted by atomic mass is 10.1. The number of halogens is 3. The molecule has 0 aliphatic heterocycles. The molecule has 6 heteroatoms.